The molecule has 3 heteroatoms. The molecule has 3 nitrogen and oxygen atoms in total. The molecular formula is C17H17NO2. The summed E-state index contributed by atoms with van der Waals surface area (Å²) >= 11 is 0. The molecule has 0 aromatic heterocycles. The van der Waals surface area contributed by atoms with Crippen LogP contribution in [0.3, 0.4) is 0 Å². The van der Waals surface area contributed by atoms with Gasteiger partial charge in [0, 0.05) is 6.07 Å². The molecule has 2 aromatic rings. The van der Waals surface area contributed by atoms with Gasteiger partial charge < -0.3 is 9.64 Å². The van der Waals surface area contributed by atoms with E-state index in [2.05, 4.69) is 0 Å². The Morgan fingerprint density at radius 1 is 1.15 bits per heavy atom. The zero-order chi connectivity index (χ0) is 14.1. The summed E-state index contributed by atoms with van der Waals surface area (Å²) in [6.07, 6.45) is 0. The lowest BCUT2D eigenvalue weighted by Crippen LogP contribution is -2.27. The number of nitrogens with zero attached hydrogens (tertiary/aromatic N) is 1. The van der Waals surface area contributed by atoms with Crippen LogP contribution in [0.4, 0.5) is 5.69 Å². The molecule has 1 amide bonds. The highest BCUT2D eigenvalue weighted by molar-refractivity contribution is 6.04. The molecule has 0 fully saturated rings. The summed E-state index contributed by atoms with van der Waals surface area (Å²) < 4.78 is 5.27. The van der Waals surface area contributed by atoms with Crippen molar-refractivity contribution in [3.05, 3.63) is 59.7 Å². The van der Waals surface area contributed by atoms with Gasteiger partial charge in [0.15, 0.2) is 0 Å². The van der Waals surface area contributed by atoms with Gasteiger partial charge in [-0.3, -0.25) is 4.79 Å². The molecule has 0 N–H and O–H groups in total. The van der Waals surface area contributed by atoms with Gasteiger partial charge in [0.2, 0.25) is 5.91 Å². The molecule has 20 heavy (non-hydrogen) atoms. The SMILES string of the molecule is COc1ccc2c(c1)N(Cc1ccccc1)C(=O)C2C. The molecule has 0 aliphatic carbocycles. The minimum absolute atomic E-state index is 0.0837. The Kier molecular flexibility index (Phi) is 3.18. The van der Waals surface area contributed by atoms with Crippen LogP contribution in [0.15, 0.2) is 48.5 Å². The largest absolute Gasteiger partial charge is 0.497 e. The predicted octanol–water partition coefficient (Wildman–Crippen LogP) is 3.35. The Bertz CT molecular complexity index is 637. The van der Waals surface area contributed by atoms with Gasteiger partial charge in [-0.1, -0.05) is 36.4 Å². The van der Waals surface area contributed by atoms with E-state index in [4.69, 9.17) is 4.74 Å². The number of fused-ring (bicyclic) bond motifs is 1. The molecule has 2 aromatic carbocycles. The Balaban J connectivity index is 1.98. The third-order valence-electron chi connectivity index (χ3n) is 3.81. The zero-order valence-corrected chi connectivity index (χ0v) is 11.7. The van der Waals surface area contributed by atoms with E-state index < -0.39 is 0 Å². The van der Waals surface area contributed by atoms with Gasteiger partial charge in [-0.05, 0) is 24.1 Å². The Labute approximate surface area is 118 Å². The maximum absolute atomic E-state index is 12.5. The molecular weight excluding hydrogens is 250 g/mol. The van der Waals surface area contributed by atoms with Crippen molar-refractivity contribution in [2.75, 3.05) is 12.0 Å². The highest BCUT2D eigenvalue weighted by Crippen LogP contribution is 2.40. The average molecular weight is 267 g/mol. The molecule has 1 heterocycles. The van der Waals surface area contributed by atoms with Gasteiger partial charge in [0.1, 0.15) is 5.75 Å². The van der Waals surface area contributed by atoms with Gasteiger partial charge in [-0.25, -0.2) is 0 Å². The highest BCUT2D eigenvalue weighted by atomic mass is 16.5. The van der Waals surface area contributed by atoms with Crippen LogP contribution in [0, 0.1) is 0 Å². The van der Waals surface area contributed by atoms with Crippen molar-refractivity contribution >= 4 is 11.6 Å². The summed E-state index contributed by atoms with van der Waals surface area (Å²) in [7, 11) is 1.64. The lowest BCUT2D eigenvalue weighted by atomic mass is 10.0. The van der Waals surface area contributed by atoms with E-state index in [9.17, 15) is 4.79 Å². The zero-order valence-electron chi connectivity index (χ0n) is 11.7. The molecule has 0 radical (unpaired) electrons. The second-order valence-corrected chi connectivity index (χ2v) is 5.06. The number of ether oxygens (including phenoxy) is 1. The summed E-state index contributed by atoms with van der Waals surface area (Å²) in [6, 6.07) is 15.9. The molecule has 0 spiro atoms. The second kappa shape index (κ2) is 5.00. The quantitative estimate of drug-likeness (QED) is 0.853. The molecule has 0 bridgehead atoms. The van der Waals surface area contributed by atoms with Crippen LogP contribution < -0.4 is 9.64 Å². The first-order valence-electron chi connectivity index (χ1n) is 6.74. The van der Waals surface area contributed by atoms with Gasteiger partial charge in [0.25, 0.3) is 0 Å². The lowest BCUT2D eigenvalue weighted by molar-refractivity contribution is -0.119. The van der Waals surface area contributed by atoms with Crippen LogP contribution in [0.2, 0.25) is 0 Å². The number of methoxy groups -OCH3 is 1. The average Bonchev–Trinajstić information content (AvgIpc) is 2.73. The van der Waals surface area contributed by atoms with Crippen molar-refractivity contribution in [2.45, 2.75) is 19.4 Å². The smallest absolute Gasteiger partial charge is 0.234 e. The minimum Gasteiger partial charge on any atom is -0.497 e. The van der Waals surface area contributed by atoms with Crippen LogP contribution in [0.25, 0.3) is 0 Å². The van der Waals surface area contributed by atoms with Crippen molar-refractivity contribution in [1.29, 1.82) is 0 Å². The lowest BCUT2D eigenvalue weighted by Gasteiger charge is -2.18. The maximum Gasteiger partial charge on any atom is 0.234 e. The first-order valence-corrected chi connectivity index (χ1v) is 6.74. The van der Waals surface area contributed by atoms with Crippen molar-refractivity contribution in [1.82, 2.24) is 0 Å². The summed E-state index contributed by atoms with van der Waals surface area (Å²) in [4.78, 5) is 14.3. The molecule has 1 aliphatic heterocycles. The number of amides is 1. The molecule has 102 valence electrons. The van der Waals surface area contributed by atoms with Crippen LogP contribution >= 0.6 is 0 Å². The molecule has 3 rings (SSSR count). The van der Waals surface area contributed by atoms with E-state index in [-0.39, 0.29) is 11.8 Å². The van der Waals surface area contributed by atoms with Crippen molar-refractivity contribution < 1.29 is 9.53 Å². The normalized spacial score (nSPS) is 17.2. The Morgan fingerprint density at radius 2 is 1.90 bits per heavy atom. The number of hydrogen-bond acceptors (Lipinski definition) is 2. The van der Waals surface area contributed by atoms with Crippen LogP contribution in [0.5, 0.6) is 5.75 Å². The molecule has 1 aliphatic rings. The van der Waals surface area contributed by atoms with Crippen LogP contribution in [-0.2, 0) is 11.3 Å². The van der Waals surface area contributed by atoms with Gasteiger partial charge >= 0.3 is 0 Å². The number of carbonyl (C=O) groups excluding carboxylic acids is 1. The van der Waals surface area contributed by atoms with Crippen LogP contribution in [0.1, 0.15) is 24.0 Å². The number of benzene rings is 2. The monoisotopic (exact) mass is 267 g/mol. The molecule has 1 unspecified atom stereocenters. The molecule has 0 saturated heterocycles. The minimum atomic E-state index is -0.0837. The van der Waals surface area contributed by atoms with Gasteiger partial charge in [-0.15, -0.1) is 0 Å². The standard InChI is InChI=1S/C17H17NO2/c1-12-15-9-8-14(20-2)10-16(15)18(17(12)19)11-13-6-4-3-5-7-13/h3-10,12H,11H2,1-2H3. The second-order valence-electron chi connectivity index (χ2n) is 5.06. The van der Waals surface area contributed by atoms with Crippen molar-refractivity contribution in [3.8, 4) is 5.75 Å². The van der Waals surface area contributed by atoms with E-state index >= 15 is 0 Å². The maximum atomic E-state index is 12.5. The summed E-state index contributed by atoms with van der Waals surface area (Å²) in [5.74, 6) is 0.848. The van der Waals surface area contributed by atoms with E-state index in [0.29, 0.717) is 6.54 Å². The van der Waals surface area contributed by atoms with Gasteiger partial charge in [0.05, 0.1) is 25.3 Å². The summed E-state index contributed by atoms with van der Waals surface area (Å²) in [5.41, 5.74) is 3.17. The number of hydrogen-bond donors (Lipinski definition) is 0. The number of carbonyl (C=O) groups is 1. The fraction of sp³-hybridized carbons (Fsp3) is 0.235. The Morgan fingerprint density at radius 3 is 2.60 bits per heavy atom. The first kappa shape index (κ1) is 12.7. The first-order chi connectivity index (χ1) is 9.70. The highest BCUT2D eigenvalue weighted by Gasteiger charge is 2.34. The van der Waals surface area contributed by atoms with Crippen LogP contribution in [-0.4, -0.2) is 13.0 Å². The van der Waals surface area contributed by atoms with E-state index in [0.717, 1.165) is 22.6 Å². The van der Waals surface area contributed by atoms with E-state index in [1.807, 2.05) is 60.4 Å². The van der Waals surface area contributed by atoms with Crippen molar-refractivity contribution in [2.24, 2.45) is 0 Å². The summed E-state index contributed by atoms with van der Waals surface area (Å²) in [6.45, 7) is 2.56. The summed E-state index contributed by atoms with van der Waals surface area (Å²) in [5, 5.41) is 0. The van der Waals surface area contributed by atoms with E-state index in [1.54, 1.807) is 7.11 Å². The fourth-order valence-corrected chi connectivity index (χ4v) is 2.66. The predicted molar refractivity (Wildman–Crippen MR) is 79.0 cm³/mol. The fourth-order valence-electron chi connectivity index (χ4n) is 2.66. The number of rotatable bonds is 3. The van der Waals surface area contributed by atoms with Crippen molar-refractivity contribution in [3.63, 3.8) is 0 Å². The third-order valence-corrected chi connectivity index (χ3v) is 3.81. The van der Waals surface area contributed by atoms with Gasteiger partial charge in [-0.2, -0.15) is 0 Å². The third kappa shape index (κ3) is 2.05. The number of anilines is 1. The van der Waals surface area contributed by atoms with E-state index in [1.165, 1.54) is 0 Å². The molecule has 1 atom stereocenters. The molecule has 0 saturated carbocycles. The Hall–Kier alpha value is -2.29. The topological polar surface area (TPSA) is 29.5 Å².